The molecule has 0 aliphatic rings. The lowest BCUT2D eigenvalue weighted by atomic mass is 10.2. The van der Waals surface area contributed by atoms with Crippen molar-refractivity contribution in [3.8, 4) is 0 Å². The molecule has 0 saturated carbocycles. The number of hydrogen-bond acceptors (Lipinski definition) is 6. The van der Waals surface area contributed by atoms with Gasteiger partial charge in [0.2, 0.25) is 5.91 Å². The number of aryl methyl sites for hydroxylation is 1. The van der Waals surface area contributed by atoms with Gasteiger partial charge in [0.05, 0.1) is 17.4 Å². The van der Waals surface area contributed by atoms with Gasteiger partial charge >= 0.3 is 5.97 Å². The second kappa shape index (κ2) is 9.19. The van der Waals surface area contributed by atoms with Crippen molar-refractivity contribution in [2.75, 3.05) is 11.1 Å². The quantitative estimate of drug-likeness (QED) is 0.438. The highest BCUT2D eigenvalue weighted by Crippen LogP contribution is 2.14. The number of aromatic nitrogens is 2. The summed E-state index contributed by atoms with van der Waals surface area (Å²) in [6.45, 7) is 5.49. The summed E-state index contributed by atoms with van der Waals surface area (Å²) in [5.41, 5.74) is 1.34. The first kappa shape index (κ1) is 19.7. The molecule has 0 aliphatic heterocycles. The summed E-state index contributed by atoms with van der Waals surface area (Å²) in [6.07, 6.45) is 0.610. The van der Waals surface area contributed by atoms with Crippen molar-refractivity contribution in [3.05, 3.63) is 51.9 Å². The third-order valence-corrected chi connectivity index (χ3v) is 4.35. The Kier molecular flexibility index (Phi) is 6.97. The van der Waals surface area contributed by atoms with E-state index in [1.165, 1.54) is 6.07 Å². The lowest BCUT2D eigenvalue weighted by molar-refractivity contribution is -0.113. The van der Waals surface area contributed by atoms with E-state index in [1.807, 2.05) is 13.8 Å². The molecule has 0 radical (unpaired) electrons. The van der Waals surface area contributed by atoms with E-state index in [2.05, 4.69) is 15.3 Å². The number of rotatable bonds is 7. The van der Waals surface area contributed by atoms with Crippen LogP contribution in [0.3, 0.4) is 0 Å². The van der Waals surface area contributed by atoms with Crippen LogP contribution in [0, 0.1) is 6.92 Å². The number of nitrogens with one attached hydrogen (secondary N) is 2. The maximum absolute atomic E-state index is 12.0. The van der Waals surface area contributed by atoms with Crippen LogP contribution in [-0.4, -0.2) is 33.7 Å². The van der Waals surface area contributed by atoms with Gasteiger partial charge in [-0.3, -0.25) is 9.59 Å². The van der Waals surface area contributed by atoms with Gasteiger partial charge < -0.3 is 15.0 Å². The molecule has 0 saturated heterocycles. The molecule has 0 spiro atoms. The smallest absolute Gasteiger partial charge is 0.338 e. The molecule has 1 atom stereocenters. The lowest BCUT2D eigenvalue weighted by Crippen LogP contribution is -2.16. The zero-order chi connectivity index (χ0) is 19.1. The number of nitrogens with zero attached hydrogens (tertiary/aromatic N) is 1. The molecule has 0 bridgehead atoms. The van der Waals surface area contributed by atoms with Gasteiger partial charge in [0.1, 0.15) is 0 Å². The number of amides is 1. The Morgan fingerprint density at radius 2 is 2.00 bits per heavy atom. The molecule has 7 nitrogen and oxygen atoms in total. The van der Waals surface area contributed by atoms with Crippen molar-refractivity contribution >= 4 is 29.3 Å². The van der Waals surface area contributed by atoms with Gasteiger partial charge in [-0.1, -0.05) is 18.7 Å². The summed E-state index contributed by atoms with van der Waals surface area (Å²) >= 11 is 1.14. The fourth-order valence-corrected chi connectivity index (χ4v) is 2.70. The molecule has 26 heavy (non-hydrogen) atoms. The van der Waals surface area contributed by atoms with Crippen molar-refractivity contribution in [2.24, 2.45) is 0 Å². The predicted octanol–water partition coefficient (Wildman–Crippen LogP) is 2.76. The van der Waals surface area contributed by atoms with Crippen molar-refractivity contribution in [1.29, 1.82) is 0 Å². The minimum atomic E-state index is -0.387. The summed E-state index contributed by atoms with van der Waals surface area (Å²) in [7, 11) is 0. The SMILES string of the molecule is CC[C@@H](C)OC(=O)c1ccc(NC(=O)CSc2nc(C)cc(=O)[nH]2)cc1. The Labute approximate surface area is 155 Å². The molecule has 0 aliphatic carbocycles. The Balaban J connectivity index is 1.89. The van der Waals surface area contributed by atoms with E-state index in [0.717, 1.165) is 18.2 Å². The minimum absolute atomic E-state index is 0.101. The highest BCUT2D eigenvalue weighted by Gasteiger charge is 2.11. The van der Waals surface area contributed by atoms with Gasteiger partial charge in [0.25, 0.3) is 5.56 Å². The number of ether oxygens (including phenoxy) is 1. The van der Waals surface area contributed by atoms with Crippen LogP contribution in [0.2, 0.25) is 0 Å². The summed E-state index contributed by atoms with van der Waals surface area (Å²) in [5.74, 6) is -0.527. The number of carbonyl (C=O) groups excluding carboxylic acids is 2. The van der Waals surface area contributed by atoms with Gasteiger partial charge in [-0.15, -0.1) is 0 Å². The molecule has 8 heteroatoms. The largest absolute Gasteiger partial charge is 0.459 e. The van der Waals surface area contributed by atoms with Gasteiger partial charge in [0.15, 0.2) is 5.16 Å². The standard InChI is InChI=1S/C18H21N3O4S/c1-4-12(3)25-17(24)13-5-7-14(8-6-13)20-16(23)10-26-18-19-11(2)9-15(22)21-18/h5-9,12H,4,10H2,1-3H3,(H,20,23)(H,19,21,22)/t12-/m1/s1. The number of aromatic amines is 1. The normalized spacial score (nSPS) is 11.7. The van der Waals surface area contributed by atoms with Gasteiger partial charge in [-0.2, -0.15) is 0 Å². The summed E-state index contributed by atoms with van der Waals surface area (Å²) < 4.78 is 5.25. The molecular formula is C18H21N3O4S. The summed E-state index contributed by atoms with van der Waals surface area (Å²) in [5, 5.41) is 3.12. The summed E-state index contributed by atoms with van der Waals surface area (Å²) in [4.78, 5) is 42.0. The number of benzene rings is 1. The van der Waals surface area contributed by atoms with Crippen LogP contribution >= 0.6 is 11.8 Å². The third kappa shape index (κ3) is 6.03. The van der Waals surface area contributed by atoms with E-state index >= 15 is 0 Å². The second-order valence-corrected chi connectivity index (χ2v) is 6.69. The minimum Gasteiger partial charge on any atom is -0.459 e. The number of H-pyrrole nitrogens is 1. The topological polar surface area (TPSA) is 101 Å². The first-order chi connectivity index (χ1) is 12.4. The fraction of sp³-hybridized carbons (Fsp3) is 0.333. The Morgan fingerprint density at radius 3 is 2.62 bits per heavy atom. The molecule has 1 heterocycles. The molecule has 0 unspecified atom stereocenters. The lowest BCUT2D eigenvalue weighted by Gasteiger charge is -2.11. The average molecular weight is 375 g/mol. The molecule has 2 rings (SSSR count). The number of hydrogen-bond donors (Lipinski definition) is 2. The van der Waals surface area contributed by atoms with Crippen molar-refractivity contribution in [3.63, 3.8) is 0 Å². The zero-order valence-corrected chi connectivity index (χ0v) is 15.7. The fourth-order valence-electron chi connectivity index (χ4n) is 1.97. The van der Waals surface area contributed by atoms with E-state index in [-0.39, 0.29) is 29.3 Å². The molecular weight excluding hydrogens is 354 g/mol. The number of anilines is 1. The van der Waals surface area contributed by atoms with Crippen LogP contribution in [-0.2, 0) is 9.53 Å². The molecule has 0 fully saturated rings. The first-order valence-corrected chi connectivity index (χ1v) is 9.17. The van der Waals surface area contributed by atoms with E-state index < -0.39 is 0 Å². The zero-order valence-electron chi connectivity index (χ0n) is 14.9. The van der Waals surface area contributed by atoms with Crippen molar-refractivity contribution < 1.29 is 14.3 Å². The van der Waals surface area contributed by atoms with Gasteiger partial charge in [-0.25, -0.2) is 9.78 Å². The van der Waals surface area contributed by atoms with E-state index in [9.17, 15) is 14.4 Å². The molecule has 1 aromatic heterocycles. The van der Waals surface area contributed by atoms with E-state index in [4.69, 9.17) is 4.74 Å². The van der Waals surface area contributed by atoms with Crippen LogP contribution in [0.15, 0.2) is 40.3 Å². The van der Waals surface area contributed by atoms with Crippen LogP contribution in [0.1, 0.15) is 36.3 Å². The second-order valence-electron chi connectivity index (χ2n) is 5.73. The Hall–Kier alpha value is -2.61. The monoisotopic (exact) mass is 375 g/mol. The van der Waals surface area contributed by atoms with Crippen LogP contribution in [0.4, 0.5) is 5.69 Å². The van der Waals surface area contributed by atoms with E-state index in [1.54, 1.807) is 31.2 Å². The van der Waals surface area contributed by atoms with Crippen LogP contribution in [0.5, 0.6) is 0 Å². The number of carbonyl (C=O) groups is 2. The van der Waals surface area contributed by atoms with Crippen LogP contribution < -0.4 is 10.9 Å². The van der Waals surface area contributed by atoms with Crippen molar-refractivity contribution in [2.45, 2.75) is 38.5 Å². The van der Waals surface area contributed by atoms with Gasteiger partial charge in [0, 0.05) is 17.4 Å². The van der Waals surface area contributed by atoms with Gasteiger partial charge in [-0.05, 0) is 44.5 Å². The average Bonchev–Trinajstić information content (AvgIpc) is 2.59. The number of esters is 1. The highest BCUT2D eigenvalue weighted by molar-refractivity contribution is 7.99. The predicted molar refractivity (Wildman–Crippen MR) is 101 cm³/mol. The summed E-state index contributed by atoms with van der Waals surface area (Å²) in [6, 6.07) is 7.88. The molecule has 2 aromatic rings. The molecule has 138 valence electrons. The first-order valence-electron chi connectivity index (χ1n) is 8.19. The van der Waals surface area contributed by atoms with Crippen LogP contribution in [0.25, 0.3) is 0 Å². The maximum Gasteiger partial charge on any atom is 0.338 e. The Bertz CT molecular complexity index is 833. The number of thioether (sulfide) groups is 1. The van der Waals surface area contributed by atoms with E-state index in [0.29, 0.717) is 22.1 Å². The highest BCUT2D eigenvalue weighted by atomic mass is 32.2. The molecule has 2 N–H and O–H groups in total. The maximum atomic E-state index is 12.0. The third-order valence-electron chi connectivity index (χ3n) is 3.48. The molecule has 1 amide bonds. The van der Waals surface area contributed by atoms with Crippen molar-refractivity contribution in [1.82, 2.24) is 9.97 Å². The Morgan fingerprint density at radius 1 is 1.31 bits per heavy atom. The molecule has 1 aromatic carbocycles.